The standard InChI is InChI=1S/C18H26N2O4/c1-4-6-13-24-17(21)19-20(18(22)23-5-2)14(3)11-12-15-9-7-8-10-16(15)20/h7-10,14H,4-6,11-13H2,1-3H3/p+1. The number of fused-ring (bicyclic) bond motifs is 1. The summed E-state index contributed by atoms with van der Waals surface area (Å²) in [6.45, 7) is 6.31. The summed E-state index contributed by atoms with van der Waals surface area (Å²) in [5, 5.41) is 0. The number of para-hydroxylation sites is 1. The molecular weight excluding hydrogens is 308 g/mol. The van der Waals surface area contributed by atoms with Crippen LogP contribution in [0.3, 0.4) is 0 Å². The second-order valence-corrected chi connectivity index (χ2v) is 6.04. The zero-order valence-corrected chi connectivity index (χ0v) is 14.7. The van der Waals surface area contributed by atoms with Crippen LogP contribution in [0, 0.1) is 0 Å². The van der Waals surface area contributed by atoms with Crippen molar-refractivity contribution in [2.75, 3.05) is 13.2 Å². The summed E-state index contributed by atoms with van der Waals surface area (Å²) in [6, 6.07) is 7.52. The number of benzene rings is 1. The van der Waals surface area contributed by atoms with Gasteiger partial charge in [-0.15, -0.1) is 5.43 Å². The number of aryl methyl sites for hydroxylation is 1. The van der Waals surface area contributed by atoms with E-state index in [1.54, 1.807) is 6.92 Å². The summed E-state index contributed by atoms with van der Waals surface area (Å²) in [5.74, 6) is 0. The van der Waals surface area contributed by atoms with Gasteiger partial charge in [0.1, 0.15) is 6.04 Å². The molecule has 1 heterocycles. The first-order valence-electron chi connectivity index (χ1n) is 8.65. The van der Waals surface area contributed by atoms with Crippen LogP contribution in [0.2, 0.25) is 0 Å². The third-order valence-corrected chi connectivity index (χ3v) is 4.42. The van der Waals surface area contributed by atoms with E-state index in [1.807, 2.05) is 38.1 Å². The van der Waals surface area contributed by atoms with Gasteiger partial charge in [-0.05, 0) is 26.7 Å². The highest BCUT2D eigenvalue weighted by molar-refractivity contribution is 5.87. The minimum absolute atomic E-state index is 0.141. The summed E-state index contributed by atoms with van der Waals surface area (Å²) in [5.41, 5.74) is 4.57. The molecule has 6 heteroatoms. The fourth-order valence-electron chi connectivity index (χ4n) is 3.07. The maximum absolute atomic E-state index is 12.8. The van der Waals surface area contributed by atoms with Gasteiger partial charge in [-0.25, -0.2) is 4.79 Å². The number of ether oxygens (including phenoxy) is 2. The number of amides is 2. The Morgan fingerprint density at radius 3 is 2.71 bits per heavy atom. The summed E-state index contributed by atoms with van der Waals surface area (Å²) >= 11 is 0. The normalized spacial score (nSPS) is 22.4. The molecule has 0 fully saturated rings. The number of hydrogen-bond donors (Lipinski definition) is 1. The van der Waals surface area contributed by atoms with Crippen molar-refractivity contribution in [2.45, 2.75) is 52.5 Å². The maximum Gasteiger partial charge on any atom is 0.547 e. The number of rotatable bonds is 4. The van der Waals surface area contributed by atoms with E-state index >= 15 is 0 Å². The largest absolute Gasteiger partial charge is 0.547 e. The van der Waals surface area contributed by atoms with Crippen LogP contribution in [-0.2, 0) is 15.9 Å². The summed E-state index contributed by atoms with van der Waals surface area (Å²) < 4.78 is 10.2. The number of hydrogen-bond acceptors (Lipinski definition) is 4. The van der Waals surface area contributed by atoms with Crippen molar-refractivity contribution in [1.82, 2.24) is 10.0 Å². The molecule has 1 aliphatic rings. The van der Waals surface area contributed by atoms with E-state index < -0.39 is 12.2 Å². The molecule has 1 aromatic rings. The molecule has 6 nitrogen and oxygen atoms in total. The van der Waals surface area contributed by atoms with Crippen LogP contribution >= 0.6 is 0 Å². The second-order valence-electron chi connectivity index (χ2n) is 6.04. The molecule has 2 unspecified atom stereocenters. The molecule has 24 heavy (non-hydrogen) atoms. The average molecular weight is 335 g/mol. The molecule has 0 aromatic heterocycles. The van der Waals surface area contributed by atoms with Gasteiger partial charge >= 0.3 is 12.2 Å². The van der Waals surface area contributed by atoms with Gasteiger partial charge in [-0.2, -0.15) is 4.79 Å². The van der Waals surface area contributed by atoms with Crippen LogP contribution in [0.5, 0.6) is 0 Å². The highest BCUT2D eigenvalue weighted by atomic mass is 16.6. The zero-order valence-electron chi connectivity index (χ0n) is 14.7. The van der Waals surface area contributed by atoms with Crippen LogP contribution in [0.15, 0.2) is 24.3 Å². The number of nitrogens with one attached hydrogen (secondary N) is 1. The van der Waals surface area contributed by atoms with Crippen LogP contribution in [0.25, 0.3) is 0 Å². The Hall–Kier alpha value is -2.08. The number of nitrogens with zero attached hydrogens (tertiary/aromatic N) is 1. The molecule has 1 N–H and O–H groups in total. The Balaban J connectivity index is 2.37. The third-order valence-electron chi connectivity index (χ3n) is 4.42. The highest BCUT2D eigenvalue weighted by Crippen LogP contribution is 2.36. The molecule has 2 amide bonds. The number of carbonyl (C=O) groups is 2. The van der Waals surface area contributed by atoms with E-state index in [1.165, 1.54) is 0 Å². The summed E-state index contributed by atoms with van der Waals surface area (Å²) in [4.78, 5) is 25.1. The van der Waals surface area contributed by atoms with Gasteiger partial charge in [-0.1, -0.05) is 36.1 Å². The fraction of sp³-hybridized carbons (Fsp3) is 0.556. The van der Waals surface area contributed by atoms with Crippen molar-refractivity contribution in [3.63, 3.8) is 0 Å². The van der Waals surface area contributed by atoms with Gasteiger partial charge in [0.25, 0.3) is 0 Å². The Morgan fingerprint density at radius 1 is 1.25 bits per heavy atom. The topological polar surface area (TPSA) is 64.6 Å². The smallest absolute Gasteiger partial charge is 0.446 e. The molecule has 0 radical (unpaired) electrons. The molecule has 0 aliphatic carbocycles. The first kappa shape index (κ1) is 18.3. The van der Waals surface area contributed by atoms with Crippen molar-refractivity contribution in [3.8, 4) is 0 Å². The van der Waals surface area contributed by atoms with Crippen LogP contribution in [-0.4, -0.2) is 31.4 Å². The zero-order chi connectivity index (χ0) is 17.6. The molecule has 2 rings (SSSR count). The van der Waals surface area contributed by atoms with Gasteiger partial charge in [0.05, 0.1) is 13.2 Å². The molecule has 0 saturated heterocycles. The predicted molar refractivity (Wildman–Crippen MR) is 92.4 cm³/mol. The first-order valence-corrected chi connectivity index (χ1v) is 8.65. The van der Waals surface area contributed by atoms with Crippen molar-refractivity contribution < 1.29 is 19.1 Å². The van der Waals surface area contributed by atoms with E-state index in [0.717, 1.165) is 36.9 Å². The van der Waals surface area contributed by atoms with E-state index in [9.17, 15) is 9.59 Å². The van der Waals surface area contributed by atoms with Crippen LogP contribution in [0.4, 0.5) is 15.3 Å². The van der Waals surface area contributed by atoms with E-state index in [0.29, 0.717) is 6.61 Å². The van der Waals surface area contributed by atoms with Crippen LogP contribution in [0.1, 0.15) is 45.6 Å². The van der Waals surface area contributed by atoms with Gasteiger partial charge in [0, 0.05) is 18.1 Å². The first-order chi connectivity index (χ1) is 11.6. The van der Waals surface area contributed by atoms with Gasteiger partial charge < -0.3 is 9.47 Å². The number of quaternary nitrogens is 1. The Kier molecular flexibility index (Phi) is 6.20. The Morgan fingerprint density at radius 2 is 2.00 bits per heavy atom. The monoisotopic (exact) mass is 335 g/mol. The van der Waals surface area contributed by atoms with Gasteiger partial charge in [0.2, 0.25) is 0 Å². The minimum Gasteiger partial charge on any atom is -0.446 e. The molecule has 0 saturated carbocycles. The van der Waals surface area contributed by atoms with Crippen molar-refractivity contribution in [2.24, 2.45) is 0 Å². The minimum atomic E-state index is -0.597. The average Bonchev–Trinajstić information content (AvgIpc) is 2.58. The SMILES string of the molecule is CCCCOC(=O)N[N+]1(C(=O)OCC)c2ccccc2CCC1C. The lowest BCUT2D eigenvalue weighted by atomic mass is 9.96. The Bertz CT molecular complexity index is 590. The predicted octanol–water partition coefficient (Wildman–Crippen LogP) is 3.93. The Labute approximate surface area is 143 Å². The van der Waals surface area contributed by atoms with Gasteiger partial charge in [0.15, 0.2) is 5.69 Å². The highest BCUT2D eigenvalue weighted by Gasteiger charge is 2.52. The second kappa shape index (κ2) is 8.15. The molecule has 2 atom stereocenters. The van der Waals surface area contributed by atoms with E-state index in [4.69, 9.17) is 9.47 Å². The molecular formula is C18H27N2O4+. The molecule has 0 spiro atoms. The lowest BCUT2D eigenvalue weighted by Gasteiger charge is -2.40. The lowest BCUT2D eigenvalue weighted by molar-refractivity contribution is 0.0545. The fourth-order valence-corrected chi connectivity index (χ4v) is 3.07. The lowest BCUT2D eigenvalue weighted by Crippen LogP contribution is -2.71. The van der Waals surface area contributed by atoms with Crippen molar-refractivity contribution in [1.29, 1.82) is 0 Å². The van der Waals surface area contributed by atoms with Crippen LogP contribution < -0.4 is 10.0 Å². The molecule has 1 aliphatic heterocycles. The molecule has 0 bridgehead atoms. The van der Waals surface area contributed by atoms with Crippen molar-refractivity contribution in [3.05, 3.63) is 29.8 Å². The summed E-state index contributed by atoms with van der Waals surface area (Å²) in [7, 11) is 0. The quantitative estimate of drug-likeness (QED) is 0.669. The maximum atomic E-state index is 12.8. The third kappa shape index (κ3) is 3.53. The number of unbranched alkanes of at least 4 members (excludes halogenated alkanes) is 1. The van der Waals surface area contributed by atoms with Crippen molar-refractivity contribution >= 4 is 17.9 Å². The molecule has 1 aromatic carbocycles. The molecule has 132 valence electrons. The summed E-state index contributed by atoms with van der Waals surface area (Å²) in [6.07, 6.45) is 2.28. The van der Waals surface area contributed by atoms with E-state index in [2.05, 4.69) is 5.43 Å². The van der Waals surface area contributed by atoms with Gasteiger partial charge in [-0.3, -0.25) is 0 Å². The number of carbonyl (C=O) groups excluding carboxylic acids is 2. The van der Waals surface area contributed by atoms with E-state index in [-0.39, 0.29) is 17.2 Å².